The molecule has 4 aromatic rings. The number of alkyl halides is 6. The minimum Gasteiger partial charge on any atom is -0.223 e. The van der Waals surface area contributed by atoms with Gasteiger partial charge in [0.25, 0.3) is 0 Å². The van der Waals surface area contributed by atoms with Crippen molar-refractivity contribution in [1.29, 1.82) is 0 Å². The molecule has 2 heterocycles. The number of aryl methyl sites for hydroxylation is 5. The number of hydrogen-bond acceptors (Lipinski definition) is 4. The molecule has 0 unspecified atom stereocenters. The molecule has 35 heavy (non-hydrogen) atoms. The van der Waals surface area contributed by atoms with Crippen LogP contribution in [0.15, 0.2) is 30.3 Å². The standard InChI is InChI=1S/C25H20F6N4/c1-11-6-12(2)10-16(9-11)18-19(17-14(4)7-13(3)8-15(17)5)33-23-22(32-18)34-20(24(26,27)28)21(35-23)25(29,30)31/h6-10H,1-5H3. The molecule has 0 aliphatic heterocycles. The first-order chi connectivity index (χ1) is 16.1. The number of benzene rings is 2. The molecule has 0 bridgehead atoms. The molecule has 0 saturated carbocycles. The molecule has 0 saturated heterocycles. The fraction of sp³-hybridized carbons (Fsp3) is 0.280. The topological polar surface area (TPSA) is 51.6 Å². The molecule has 0 aliphatic rings. The van der Waals surface area contributed by atoms with Gasteiger partial charge in [-0.15, -0.1) is 0 Å². The Balaban J connectivity index is 2.16. The maximum atomic E-state index is 13.5. The molecule has 0 atom stereocenters. The molecule has 0 fully saturated rings. The summed E-state index contributed by atoms with van der Waals surface area (Å²) in [6, 6.07) is 9.26. The van der Waals surface area contributed by atoms with Gasteiger partial charge in [0, 0.05) is 11.1 Å². The second-order valence-electron chi connectivity index (χ2n) is 8.63. The molecule has 0 amide bonds. The van der Waals surface area contributed by atoms with E-state index >= 15 is 0 Å². The third-order valence-corrected chi connectivity index (χ3v) is 5.47. The smallest absolute Gasteiger partial charge is 0.223 e. The predicted octanol–water partition coefficient (Wildman–Crippen LogP) is 7.33. The Morgan fingerprint density at radius 1 is 0.514 bits per heavy atom. The van der Waals surface area contributed by atoms with Crippen LogP contribution in [0.1, 0.15) is 39.2 Å². The van der Waals surface area contributed by atoms with Crippen LogP contribution in [0.4, 0.5) is 26.3 Å². The Bertz CT molecular complexity index is 1430. The Hall–Kier alpha value is -3.56. The second kappa shape index (κ2) is 8.28. The van der Waals surface area contributed by atoms with Gasteiger partial charge in [-0.1, -0.05) is 34.9 Å². The fourth-order valence-corrected chi connectivity index (χ4v) is 4.32. The molecule has 182 valence electrons. The highest BCUT2D eigenvalue weighted by molar-refractivity contribution is 5.86. The maximum absolute atomic E-state index is 13.5. The van der Waals surface area contributed by atoms with Crippen molar-refractivity contribution in [2.45, 2.75) is 47.0 Å². The van der Waals surface area contributed by atoms with Gasteiger partial charge < -0.3 is 0 Å². The Kier molecular flexibility index (Phi) is 5.81. The van der Waals surface area contributed by atoms with E-state index in [1.165, 1.54) is 0 Å². The lowest BCUT2D eigenvalue weighted by molar-refractivity contribution is -0.167. The van der Waals surface area contributed by atoms with Crippen LogP contribution in [0, 0.1) is 34.6 Å². The van der Waals surface area contributed by atoms with Crippen LogP contribution in [0.5, 0.6) is 0 Å². The summed E-state index contributed by atoms with van der Waals surface area (Å²) in [5.41, 5.74) is 0.382. The number of aromatic nitrogens is 4. The highest BCUT2D eigenvalue weighted by Gasteiger charge is 2.47. The lowest BCUT2D eigenvalue weighted by Gasteiger charge is -2.17. The molecular weight excluding hydrogens is 470 g/mol. The van der Waals surface area contributed by atoms with Crippen molar-refractivity contribution >= 4 is 11.3 Å². The zero-order chi connectivity index (χ0) is 25.9. The van der Waals surface area contributed by atoms with Gasteiger partial charge in [-0.2, -0.15) is 26.3 Å². The lowest BCUT2D eigenvalue weighted by atomic mass is 9.93. The van der Waals surface area contributed by atoms with Crippen molar-refractivity contribution in [3.63, 3.8) is 0 Å². The van der Waals surface area contributed by atoms with E-state index in [9.17, 15) is 26.3 Å². The first kappa shape index (κ1) is 24.6. The average Bonchev–Trinajstić information content (AvgIpc) is 2.69. The van der Waals surface area contributed by atoms with E-state index in [0.717, 1.165) is 27.8 Å². The van der Waals surface area contributed by atoms with E-state index in [1.807, 2.05) is 52.8 Å². The summed E-state index contributed by atoms with van der Waals surface area (Å²) in [6.07, 6.45) is -10.8. The highest BCUT2D eigenvalue weighted by Crippen LogP contribution is 2.40. The Labute approximate surface area is 197 Å². The minimum absolute atomic E-state index is 0.210. The van der Waals surface area contributed by atoms with Gasteiger partial charge >= 0.3 is 12.4 Å². The van der Waals surface area contributed by atoms with Crippen LogP contribution in [0.3, 0.4) is 0 Å². The molecule has 4 nitrogen and oxygen atoms in total. The summed E-state index contributed by atoms with van der Waals surface area (Å²) in [5, 5.41) is 0. The molecule has 2 aromatic heterocycles. The summed E-state index contributed by atoms with van der Waals surface area (Å²) >= 11 is 0. The first-order valence-corrected chi connectivity index (χ1v) is 10.6. The van der Waals surface area contributed by atoms with Gasteiger partial charge in [0.1, 0.15) is 0 Å². The van der Waals surface area contributed by atoms with Gasteiger partial charge in [-0.25, -0.2) is 19.9 Å². The maximum Gasteiger partial charge on any atom is 0.435 e. The number of hydrogen-bond donors (Lipinski definition) is 0. The summed E-state index contributed by atoms with van der Waals surface area (Å²) in [4.78, 5) is 15.2. The van der Waals surface area contributed by atoms with E-state index in [4.69, 9.17) is 0 Å². The quantitative estimate of drug-likeness (QED) is 0.276. The van der Waals surface area contributed by atoms with Crippen LogP contribution in [-0.4, -0.2) is 19.9 Å². The summed E-state index contributed by atoms with van der Waals surface area (Å²) < 4.78 is 80.9. The Morgan fingerprint density at radius 2 is 0.914 bits per heavy atom. The van der Waals surface area contributed by atoms with Crippen LogP contribution in [0.25, 0.3) is 33.8 Å². The van der Waals surface area contributed by atoms with Crippen LogP contribution in [0.2, 0.25) is 0 Å². The average molecular weight is 490 g/mol. The SMILES string of the molecule is Cc1cc(C)cc(-c2nc3nc(C(F)(F)F)c(C(F)(F)F)nc3nc2-c2c(C)cc(C)cc2C)c1. The summed E-state index contributed by atoms with van der Waals surface area (Å²) in [6.45, 7) is 9.26. The first-order valence-electron chi connectivity index (χ1n) is 10.6. The Morgan fingerprint density at radius 3 is 1.34 bits per heavy atom. The predicted molar refractivity (Wildman–Crippen MR) is 120 cm³/mol. The van der Waals surface area contributed by atoms with E-state index < -0.39 is 35.0 Å². The molecule has 0 aliphatic carbocycles. The third-order valence-electron chi connectivity index (χ3n) is 5.47. The van der Waals surface area contributed by atoms with Gasteiger partial charge in [0.05, 0.1) is 11.4 Å². The van der Waals surface area contributed by atoms with Crippen molar-refractivity contribution < 1.29 is 26.3 Å². The van der Waals surface area contributed by atoms with Crippen molar-refractivity contribution in [3.05, 3.63) is 69.5 Å². The van der Waals surface area contributed by atoms with Crippen LogP contribution >= 0.6 is 0 Å². The number of fused-ring (bicyclic) bond motifs is 1. The summed E-state index contributed by atoms with van der Waals surface area (Å²) in [5.74, 6) is 0. The molecule has 2 aromatic carbocycles. The van der Waals surface area contributed by atoms with E-state index in [-0.39, 0.29) is 11.4 Å². The summed E-state index contributed by atoms with van der Waals surface area (Å²) in [7, 11) is 0. The molecule has 4 rings (SSSR count). The van der Waals surface area contributed by atoms with Gasteiger partial charge in [0.2, 0.25) is 0 Å². The number of rotatable bonds is 2. The molecule has 10 heteroatoms. The van der Waals surface area contributed by atoms with Gasteiger partial charge in [-0.05, 0) is 57.9 Å². The monoisotopic (exact) mass is 490 g/mol. The van der Waals surface area contributed by atoms with Gasteiger partial charge in [-0.3, -0.25) is 0 Å². The van der Waals surface area contributed by atoms with Crippen molar-refractivity contribution in [2.24, 2.45) is 0 Å². The molecule has 0 spiro atoms. The molecular formula is C25H20F6N4. The van der Waals surface area contributed by atoms with Crippen LogP contribution in [-0.2, 0) is 12.4 Å². The molecule has 0 radical (unpaired) electrons. The van der Waals surface area contributed by atoms with Crippen LogP contribution < -0.4 is 0 Å². The fourth-order valence-electron chi connectivity index (χ4n) is 4.32. The lowest BCUT2D eigenvalue weighted by Crippen LogP contribution is -2.21. The normalized spacial score (nSPS) is 12.4. The minimum atomic E-state index is -5.38. The molecule has 0 N–H and O–H groups in total. The zero-order valence-electron chi connectivity index (χ0n) is 19.4. The van der Waals surface area contributed by atoms with E-state index in [0.29, 0.717) is 11.1 Å². The largest absolute Gasteiger partial charge is 0.435 e. The van der Waals surface area contributed by atoms with Gasteiger partial charge in [0.15, 0.2) is 22.7 Å². The van der Waals surface area contributed by atoms with Crippen molar-refractivity contribution in [3.8, 4) is 22.5 Å². The second-order valence-corrected chi connectivity index (χ2v) is 8.63. The highest BCUT2D eigenvalue weighted by atomic mass is 19.4. The number of halogens is 6. The van der Waals surface area contributed by atoms with Crippen molar-refractivity contribution in [2.75, 3.05) is 0 Å². The third kappa shape index (κ3) is 4.69. The van der Waals surface area contributed by atoms with E-state index in [2.05, 4.69) is 19.9 Å². The van der Waals surface area contributed by atoms with Crippen molar-refractivity contribution in [1.82, 2.24) is 19.9 Å². The number of nitrogens with zero attached hydrogens (tertiary/aromatic N) is 4. The zero-order valence-corrected chi connectivity index (χ0v) is 19.4. The van der Waals surface area contributed by atoms with E-state index in [1.54, 1.807) is 12.1 Å².